The molecule has 9 aromatic rings. The predicted molar refractivity (Wildman–Crippen MR) is 272 cm³/mol. The van der Waals surface area contributed by atoms with Crippen LogP contribution in [0.1, 0.15) is 81.7 Å². The Kier molecular flexibility index (Phi) is 9.39. The average Bonchev–Trinajstić information content (AvgIpc) is 3.81. The van der Waals surface area contributed by atoms with E-state index in [4.69, 9.17) is 6.58 Å². The molecule has 2 unspecified atom stereocenters. The Morgan fingerprint density at radius 3 is 2.30 bits per heavy atom. The maximum atomic E-state index is 5.23. The van der Waals surface area contributed by atoms with Gasteiger partial charge in [0.2, 0.25) is 5.69 Å². The molecule has 0 amide bonds. The third-order valence-corrected chi connectivity index (χ3v) is 17.5. The summed E-state index contributed by atoms with van der Waals surface area (Å²) in [6.07, 6.45) is 6.56. The molecule has 0 bridgehead atoms. The fourth-order valence-corrected chi connectivity index (χ4v) is 14.2. The van der Waals surface area contributed by atoms with Gasteiger partial charge in [0.25, 0.3) is 0 Å². The monoisotopic (exact) mass is 857 g/mol. The molecule has 2 aliphatic rings. The number of pyridine rings is 1. The second-order valence-electron chi connectivity index (χ2n) is 20.9. The van der Waals surface area contributed by atoms with Crippen LogP contribution in [0.2, 0.25) is 19.6 Å². The van der Waals surface area contributed by atoms with Crippen LogP contribution in [0.25, 0.3) is 76.0 Å². The number of hydrogen-bond donors (Lipinski definition) is 0. The van der Waals surface area contributed by atoms with E-state index < -0.39 is 8.07 Å². The fraction of sp³-hybridized carbons (Fsp3) is 0.276. The number of benzene rings is 6. The van der Waals surface area contributed by atoms with Gasteiger partial charge in [0.05, 0.1) is 24.8 Å². The molecule has 0 saturated heterocycles. The lowest BCUT2D eigenvalue weighted by Crippen LogP contribution is -2.54. The zero-order valence-corrected chi connectivity index (χ0v) is 40.0. The van der Waals surface area contributed by atoms with E-state index >= 15 is 0 Å². The highest BCUT2D eigenvalue weighted by molar-refractivity contribution is 7.26. The molecule has 3 aromatic heterocycles. The van der Waals surface area contributed by atoms with Crippen molar-refractivity contribution in [3.05, 3.63) is 162 Å². The van der Waals surface area contributed by atoms with Crippen molar-refractivity contribution in [3.63, 3.8) is 0 Å². The van der Waals surface area contributed by atoms with Crippen molar-refractivity contribution in [3.8, 4) is 28.3 Å². The van der Waals surface area contributed by atoms with Gasteiger partial charge in [0, 0.05) is 43.6 Å². The van der Waals surface area contributed by atoms with Crippen LogP contribution in [0.4, 0.5) is 0 Å². The number of aryl methyl sites for hydroxylation is 1. The van der Waals surface area contributed by atoms with Gasteiger partial charge in [-0.05, 0) is 101 Å². The largest absolute Gasteiger partial charge is 0.301 e. The van der Waals surface area contributed by atoms with Gasteiger partial charge in [-0.1, -0.05) is 140 Å². The molecule has 5 heteroatoms. The lowest BCUT2D eigenvalue weighted by atomic mass is 9.77. The zero-order valence-electron chi connectivity index (χ0n) is 38.2. The summed E-state index contributed by atoms with van der Waals surface area (Å²) in [6.45, 7) is 24.5. The first-order valence-corrected chi connectivity index (χ1v) is 27.5. The number of thiophene rings is 1. The Morgan fingerprint density at radius 2 is 1.54 bits per heavy atom. The van der Waals surface area contributed by atoms with Gasteiger partial charge in [0.15, 0.2) is 23.3 Å². The summed E-state index contributed by atoms with van der Waals surface area (Å²) in [5.41, 5.74) is 14.6. The van der Waals surface area contributed by atoms with Gasteiger partial charge in [-0.15, -0.1) is 11.3 Å². The number of fused-ring (bicyclic) bond motifs is 17. The van der Waals surface area contributed by atoms with Crippen LogP contribution in [-0.2, 0) is 18.3 Å². The van der Waals surface area contributed by atoms with Gasteiger partial charge >= 0.3 is 5.82 Å². The average molecular weight is 858 g/mol. The summed E-state index contributed by atoms with van der Waals surface area (Å²) in [5, 5.41) is 6.74. The molecule has 3 nitrogen and oxygen atoms in total. The molecular weight excluding hydrogens is 799 g/mol. The first-order valence-electron chi connectivity index (χ1n) is 23.1. The summed E-state index contributed by atoms with van der Waals surface area (Å²) >= 11 is 1.95. The zero-order chi connectivity index (χ0) is 43.5. The number of nitrogens with zero attached hydrogens (tertiary/aromatic N) is 3. The summed E-state index contributed by atoms with van der Waals surface area (Å²) in [6, 6.07) is 49.1. The molecule has 6 aromatic carbocycles. The van der Waals surface area contributed by atoms with Crippen LogP contribution in [0, 0.1) is 5.92 Å². The molecule has 0 fully saturated rings. The smallest absolute Gasteiger partial charge is 0.195 e. The minimum absolute atomic E-state index is 0.0470. The molecule has 0 radical (unpaired) electrons. The Balaban J connectivity index is 1.26. The third kappa shape index (κ3) is 6.48. The Bertz CT molecular complexity index is 3310. The van der Waals surface area contributed by atoms with Crippen LogP contribution in [-0.4, -0.2) is 12.6 Å². The predicted octanol–water partition coefficient (Wildman–Crippen LogP) is 14.2. The van der Waals surface area contributed by atoms with E-state index in [2.05, 4.69) is 202 Å². The van der Waals surface area contributed by atoms with Gasteiger partial charge in [-0.2, -0.15) is 13.7 Å². The lowest BCUT2D eigenvalue weighted by molar-refractivity contribution is -0.719. The topological polar surface area (TPSA) is 12.7 Å². The number of imidazole rings is 1. The van der Waals surface area contributed by atoms with Crippen LogP contribution in [0.5, 0.6) is 0 Å². The van der Waals surface area contributed by atoms with E-state index in [1.807, 2.05) is 11.3 Å². The van der Waals surface area contributed by atoms with E-state index in [1.165, 1.54) is 92.6 Å². The number of rotatable bonds is 4. The van der Waals surface area contributed by atoms with E-state index in [0.29, 0.717) is 11.8 Å². The standard InChI is InChI=1S/C58H59N3SSi/c1-36(2)32-40-34-51-45-19-13-12-18-44(45)46-29-22-39-23-30-48-47-20-14-15-21-52(47)62-56(48)54(39)57-60(37(3)33-50(46)59(51)35-53(40)63(7,8)9)55-43-17-11-10-16-38(43)24-31-49(55)61(57)42-27-25-41(26-28-42)58(4,5)6/h10-21,23-28,30-31,34-36,46,50H,3,22,29,32-33H2,1-2,4-9H3/q+2. The minimum atomic E-state index is -1.72. The maximum absolute atomic E-state index is 5.23. The van der Waals surface area contributed by atoms with Crippen LogP contribution < -0.4 is 14.3 Å². The van der Waals surface area contributed by atoms with Gasteiger partial charge in [0.1, 0.15) is 11.4 Å². The van der Waals surface area contributed by atoms with Crippen molar-refractivity contribution in [2.24, 2.45) is 5.92 Å². The second-order valence-corrected chi connectivity index (χ2v) is 27.0. The highest BCUT2D eigenvalue weighted by Gasteiger charge is 2.45. The molecular formula is C58H59N3SSi+2. The summed E-state index contributed by atoms with van der Waals surface area (Å²) in [7, 11) is -1.72. The molecule has 5 heterocycles. The molecule has 2 atom stereocenters. The third-order valence-electron chi connectivity index (χ3n) is 14.2. The van der Waals surface area contributed by atoms with Gasteiger partial charge in [-0.3, -0.25) is 0 Å². The summed E-state index contributed by atoms with van der Waals surface area (Å²) in [4.78, 5) is 0. The fourth-order valence-electron chi connectivity index (χ4n) is 11.2. The molecule has 63 heavy (non-hydrogen) atoms. The molecule has 0 saturated carbocycles. The minimum Gasteiger partial charge on any atom is -0.195 e. The first kappa shape index (κ1) is 40.2. The van der Waals surface area contributed by atoms with Gasteiger partial charge < -0.3 is 0 Å². The molecule has 0 N–H and O–H groups in total. The van der Waals surface area contributed by atoms with E-state index in [0.717, 1.165) is 31.4 Å². The molecule has 0 aliphatic carbocycles. The van der Waals surface area contributed by atoms with Crippen molar-refractivity contribution in [1.29, 1.82) is 0 Å². The SMILES string of the molecule is C=C1CC2C(CCc3ccc4c(sc5ccccc54)c3-c3n(-c4ccc(C(C)(C)C)cc4)c4ccc5ccccc5c4[n+]31)c1ccccc1-c1cc(CC(C)C)c([Si](C)(C)C)c[n+]12. The second kappa shape index (κ2) is 14.7. The molecule has 314 valence electrons. The van der Waals surface area contributed by atoms with Crippen molar-refractivity contribution >= 4 is 72.3 Å². The number of allylic oxidation sites excluding steroid dienone is 1. The summed E-state index contributed by atoms with van der Waals surface area (Å²) in [5.74, 6) is 2.10. The lowest BCUT2D eigenvalue weighted by Gasteiger charge is -2.33. The normalized spacial score (nSPS) is 16.6. The summed E-state index contributed by atoms with van der Waals surface area (Å²) < 4.78 is 10.6. The van der Waals surface area contributed by atoms with Crippen LogP contribution >= 0.6 is 11.3 Å². The first-order chi connectivity index (χ1) is 30.3. The van der Waals surface area contributed by atoms with Gasteiger partial charge in [-0.25, -0.2) is 0 Å². The van der Waals surface area contributed by atoms with Crippen molar-refractivity contribution < 1.29 is 9.13 Å². The van der Waals surface area contributed by atoms with E-state index in [9.17, 15) is 0 Å². The van der Waals surface area contributed by atoms with Crippen LogP contribution in [0.15, 0.2) is 140 Å². The molecule has 2 aliphatic heterocycles. The van der Waals surface area contributed by atoms with Crippen LogP contribution in [0.3, 0.4) is 0 Å². The molecule has 0 spiro atoms. The Hall–Kier alpha value is -5.62. The van der Waals surface area contributed by atoms with Crippen molar-refractivity contribution in [2.45, 2.75) is 97.3 Å². The number of aromatic nitrogens is 3. The van der Waals surface area contributed by atoms with Crippen molar-refractivity contribution in [2.75, 3.05) is 0 Å². The molecule has 11 rings (SSSR count). The van der Waals surface area contributed by atoms with Crippen molar-refractivity contribution in [1.82, 2.24) is 4.57 Å². The highest BCUT2D eigenvalue weighted by Crippen LogP contribution is 2.48. The Morgan fingerprint density at radius 1 is 0.810 bits per heavy atom. The highest BCUT2D eigenvalue weighted by atomic mass is 32.1. The Labute approximate surface area is 378 Å². The maximum Gasteiger partial charge on any atom is 0.301 e. The van der Waals surface area contributed by atoms with E-state index in [1.54, 1.807) is 5.19 Å². The van der Waals surface area contributed by atoms with E-state index in [-0.39, 0.29) is 11.5 Å². The number of hydrogen-bond acceptors (Lipinski definition) is 1. The quantitative estimate of drug-likeness (QED) is 0.124.